The molecule has 3 rings (SSSR count). The van der Waals surface area contributed by atoms with Crippen molar-refractivity contribution >= 4 is 0 Å². The van der Waals surface area contributed by atoms with E-state index in [1.165, 1.54) is 12.8 Å². The van der Waals surface area contributed by atoms with E-state index in [9.17, 15) is 0 Å². The average Bonchev–Trinajstić information content (AvgIpc) is 3.05. The van der Waals surface area contributed by atoms with Crippen molar-refractivity contribution in [3.8, 4) is 11.5 Å². The van der Waals surface area contributed by atoms with Crippen LogP contribution in [0.3, 0.4) is 0 Å². The van der Waals surface area contributed by atoms with Gasteiger partial charge in [-0.05, 0) is 12.8 Å². The van der Waals surface area contributed by atoms with E-state index in [4.69, 9.17) is 0 Å². The first-order valence-corrected chi connectivity index (χ1v) is 5.45. The number of imidazole rings is 1. The highest BCUT2D eigenvalue weighted by Gasteiger charge is 2.20. The monoisotopic (exact) mass is 215 g/mol. The predicted octanol–water partition coefficient (Wildman–Crippen LogP) is 1.12. The highest BCUT2D eigenvalue weighted by molar-refractivity contribution is 5.47. The van der Waals surface area contributed by atoms with Crippen molar-refractivity contribution in [1.29, 1.82) is 0 Å². The molecule has 2 aromatic rings. The van der Waals surface area contributed by atoms with Crippen LogP contribution >= 0.6 is 0 Å². The van der Waals surface area contributed by atoms with Crippen LogP contribution in [0.5, 0.6) is 0 Å². The van der Waals surface area contributed by atoms with Gasteiger partial charge < -0.3 is 10.3 Å². The van der Waals surface area contributed by atoms with Crippen molar-refractivity contribution < 1.29 is 0 Å². The normalized spacial score (nSPS) is 15.2. The van der Waals surface area contributed by atoms with Crippen molar-refractivity contribution in [2.45, 2.75) is 25.4 Å². The van der Waals surface area contributed by atoms with Gasteiger partial charge in [0.2, 0.25) is 0 Å². The number of nitrogens with one attached hydrogen (secondary N) is 2. The number of aromatic nitrogens is 4. The molecule has 0 atom stereocenters. The molecule has 1 aliphatic carbocycles. The molecule has 2 N–H and O–H groups in total. The number of H-pyrrole nitrogens is 1. The number of aromatic amines is 1. The molecule has 0 saturated heterocycles. The molecule has 0 amide bonds. The van der Waals surface area contributed by atoms with Crippen LogP contribution < -0.4 is 5.32 Å². The fourth-order valence-corrected chi connectivity index (χ4v) is 1.54. The molecule has 0 aliphatic heterocycles. The second kappa shape index (κ2) is 4.02. The Morgan fingerprint density at radius 1 is 1.25 bits per heavy atom. The minimum Gasteiger partial charge on any atom is -0.339 e. The van der Waals surface area contributed by atoms with Crippen LogP contribution in [-0.2, 0) is 6.54 Å². The van der Waals surface area contributed by atoms with Gasteiger partial charge in [-0.1, -0.05) is 0 Å². The Hall–Kier alpha value is -1.75. The standard InChI is InChI=1S/C11H13N5/c1-2-8(1)14-5-9-6-15-11(16-9)10-7-12-3-4-13-10/h3-4,6-8,14H,1-2,5H2,(H,15,16). The molecule has 0 bridgehead atoms. The van der Waals surface area contributed by atoms with E-state index in [2.05, 4.69) is 25.3 Å². The van der Waals surface area contributed by atoms with Crippen LogP contribution in [0, 0.1) is 0 Å². The lowest BCUT2D eigenvalue weighted by Crippen LogP contribution is -2.15. The van der Waals surface area contributed by atoms with E-state index in [-0.39, 0.29) is 0 Å². The summed E-state index contributed by atoms with van der Waals surface area (Å²) >= 11 is 0. The zero-order chi connectivity index (χ0) is 10.8. The summed E-state index contributed by atoms with van der Waals surface area (Å²) in [5, 5.41) is 3.43. The zero-order valence-electron chi connectivity index (χ0n) is 8.85. The number of nitrogens with zero attached hydrogens (tertiary/aromatic N) is 3. The van der Waals surface area contributed by atoms with E-state index in [0.717, 1.165) is 23.8 Å². The van der Waals surface area contributed by atoms with Gasteiger partial charge in [0.1, 0.15) is 5.69 Å². The first-order valence-electron chi connectivity index (χ1n) is 5.45. The lowest BCUT2D eigenvalue weighted by molar-refractivity contribution is 0.677. The summed E-state index contributed by atoms with van der Waals surface area (Å²) in [4.78, 5) is 15.7. The van der Waals surface area contributed by atoms with Crippen LogP contribution in [0.1, 0.15) is 18.5 Å². The van der Waals surface area contributed by atoms with Gasteiger partial charge >= 0.3 is 0 Å². The van der Waals surface area contributed by atoms with Gasteiger partial charge in [0.15, 0.2) is 5.82 Å². The Labute approximate surface area is 93.4 Å². The summed E-state index contributed by atoms with van der Waals surface area (Å²) in [7, 11) is 0. The molecule has 0 aromatic carbocycles. The summed E-state index contributed by atoms with van der Waals surface area (Å²) in [5.41, 5.74) is 1.87. The van der Waals surface area contributed by atoms with Gasteiger partial charge in [0.05, 0.1) is 12.4 Å². The first kappa shape index (κ1) is 9.47. The maximum atomic E-state index is 4.29. The Morgan fingerprint density at radius 3 is 2.94 bits per heavy atom. The molecule has 82 valence electrons. The van der Waals surface area contributed by atoms with Crippen LogP contribution in [-0.4, -0.2) is 26.0 Å². The van der Waals surface area contributed by atoms with Gasteiger partial charge in [0, 0.05) is 30.7 Å². The summed E-state index contributed by atoms with van der Waals surface area (Å²) in [5.74, 6) is 0.778. The van der Waals surface area contributed by atoms with Crippen molar-refractivity contribution in [1.82, 2.24) is 25.3 Å². The smallest absolute Gasteiger partial charge is 0.157 e. The molecule has 0 spiro atoms. The molecule has 5 nitrogen and oxygen atoms in total. The maximum absolute atomic E-state index is 4.29. The van der Waals surface area contributed by atoms with Crippen LogP contribution in [0.15, 0.2) is 24.8 Å². The predicted molar refractivity (Wildman–Crippen MR) is 59.5 cm³/mol. The molecule has 1 saturated carbocycles. The second-order valence-corrected chi connectivity index (χ2v) is 4.00. The molecule has 1 fully saturated rings. The fourth-order valence-electron chi connectivity index (χ4n) is 1.54. The lowest BCUT2D eigenvalue weighted by Gasteiger charge is -1.98. The Kier molecular flexibility index (Phi) is 2.38. The van der Waals surface area contributed by atoms with Crippen LogP contribution in [0.25, 0.3) is 11.5 Å². The Morgan fingerprint density at radius 2 is 2.19 bits per heavy atom. The van der Waals surface area contributed by atoms with Crippen molar-refractivity contribution in [2.75, 3.05) is 0 Å². The molecule has 2 aromatic heterocycles. The van der Waals surface area contributed by atoms with Crippen molar-refractivity contribution in [2.24, 2.45) is 0 Å². The summed E-state index contributed by atoms with van der Waals surface area (Å²) in [6.45, 7) is 0.845. The lowest BCUT2D eigenvalue weighted by atomic mass is 10.4. The Bertz CT molecular complexity index is 460. The first-order chi connectivity index (χ1) is 7.92. The quantitative estimate of drug-likeness (QED) is 0.802. The third-order valence-corrected chi connectivity index (χ3v) is 2.59. The molecular weight excluding hydrogens is 202 g/mol. The van der Waals surface area contributed by atoms with Crippen molar-refractivity contribution in [3.05, 3.63) is 30.5 Å². The van der Waals surface area contributed by atoms with Gasteiger partial charge in [-0.2, -0.15) is 0 Å². The largest absolute Gasteiger partial charge is 0.339 e. The van der Waals surface area contributed by atoms with Crippen LogP contribution in [0.2, 0.25) is 0 Å². The summed E-state index contributed by atoms with van der Waals surface area (Å²) in [6, 6.07) is 0.711. The molecule has 0 radical (unpaired) electrons. The molecule has 2 heterocycles. The number of rotatable bonds is 4. The van der Waals surface area contributed by atoms with E-state index in [1.807, 2.05) is 6.20 Å². The molecular formula is C11H13N5. The van der Waals surface area contributed by atoms with E-state index >= 15 is 0 Å². The average molecular weight is 215 g/mol. The third kappa shape index (κ3) is 2.09. The van der Waals surface area contributed by atoms with E-state index in [1.54, 1.807) is 18.6 Å². The molecule has 16 heavy (non-hydrogen) atoms. The van der Waals surface area contributed by atoms with Crippen LogP contribution in [0.4, 0.5) is 0 Å². The van der Waals surface area contributed by atoms with E-state index in [0.29, 0.717) is 6.04 Å². The molecule has 1 aliphatic rings. The molecule has 5 heteroatoms. The topological polar surface area (TPSA) is 66.5 Å². The van der Waals surface area contributed by atoms with Gasteiger partial charge in [0.25, 0.3) is 0 Å². The third-order valence-electron chi connectivity index (χ3n) is 2.59. The summed E-state index contributed by atoms with van der Waals surface area (Å²) < 4.78 is 0. The Balaban J connectivity index is 1.71. The minimum atomic E-state index is 0.711. The number of hydrogen-bond acceptors (Lipinski definition) is 4. The highest BCUT2D eigenvalue weighted by Crippen LogP contribution is 2.19. The van der Waals surface area contributed by atoms with E-state index < -0.39 is 0 Å². The highest BCUT2D eigenvalue weighted by atomic mass is 15.0. The minimum absolute atomic E-state index is 0.711. The second-order valence-electron chi connectivity index (χ2n) is 4.00. The van der Waals surface area contributed by atoms with Gasteiger partial charge in [-0.25, -0.2) is 9.97 Å². The molecule has 0 unspecified atom stereocenters. The maximum Gasteiger partial charge on any atom is 0.157 e. The number of hydrogen-bond donors (Lipinski definition) is 2. The SMILES string of the molecule is c1cnc(-c2ncc(CNC3CC3)[nH]2)cn1. The summed E-state index contributed by atoms with van der Waals surface area (Å²) in [6.07, 6.45) is 9.47. The van der Waals surface area contributed by atoms with Gasteiger partial charge in [-0.15, -0.1) is 0 Å². The van der Waals surface area contributed by atoms with Gasteiger partial charge in [-0.3, -0.25) is 4.98 Å². The van der Waals surface area contributed by atoms with Crippen molar-refractivity contribution in [3.63, 3.8) is 0 Å². The zero-order valence-corrected chi connectivity index (χ0v) is 8.85. The fraction of sp³-hybridized carbons (Fsp3) is 0.364.